The second kappa shape index (κ2) is 6.56. The molecule has 0 bridgehead atoms. The van der Waals surface area contributed by atoms with Gasteiger partial charge in [0, 0.05) is 12.6 Å². The molecule has 1 saturated carbocycles. The Morgan fingerprint density at radius 1 is 1.45 bits per heavy atom. The Morgan fingerprint density at radius 2 is 2.14 bits per heavy atom. The third-order valence-corrected chi connectivity index (χ3v) is 3.54. The van der Waals surface area contributed by atoms with Crippen molar-refractivity contribution in [2.45, 2.75) is 44.6 Å². The van der Waals surface area contributed by atoms with Crippen molar-refractivity contribution >= 4 is 5.97 Å². The van der Waals surface area contributed by atoms with Gasteiger partial charge in [0.25, 0.3) is 0 Å². The fourth-order valence-corrected chi connectivity index (χ4v) is 2.24. The van der Waals surface area contributed by atoms with Gasteiger partial charge in [0.05, 0.1) is 0 Å². The molecule has 22 heavy (non-hydrogen) atoms. The predicted molar refractivity (Wildman–Crippen MR) is 73.7 cm³/mol. The first kappa shape index (κ1) is 16.6. The molecule has 1 atom stereocenters. The average Bonchev–Trinajstić information content (AvgIpc) is 3.26. The van der Waals surface area contributed by atoms with Crippen LogP contribution in [0.4, 0.5) is 13.2 Å². The highest BCUT2D eigenvalue weighted by Crippen LogP contribution is 2.31. The van der Waals surface area contributed by atoms with Crippen LogP contribution in [0.1, 0.15) is 25.3 Å². The fraction of sp³-hybridized carbons (Fsp3) is 0.533. The summed E-state index contributed by atoms with van der Waals surface area (Å²) in [6.45, 7) is 0.653. The lowest BCUT2D eigenvalue weighted by Gasteiger charge is -2.26. The van der Waals surface area contributed by atoms with Gasteiger partial charge in [-0.15, -0.1) is 0 Å². The van der Waals surface area contributed by atoms with Gasteiger partial charge in [-0.05, 0) is 37.5 Å². The number of aliphatic carboxylic acids is 1. The fourth-order valence-electron chi connectivity index (χ4n) is 2.24. The van der Waals surface area contributed by atoms with Gasteiger partial charge in [-0.25, -0.2) is 0 Å². The molecule has 1 N–H and O–H groups in total. The normalized spacial score (nSPS) is 16.6. The summed E-state index contributed by atoms with van der Waals surface area (Å²) in [5, 5.41) is 9.14. The minimum atomic E-state index is -4.38. The molecule has 1 fully saturated rings. The summed E-state index contributed by atoms with van der Waals surface area (Å²) in [4.78, 5) is 13.0. The van der Waals surface area contributed by atoms with Gasteiger partial charge in [0.2, 0.25) is 0 Å². The van der Waals surface area contributed by atoms with Gasteiger partial charge in [-0.3, -0.25) is 9.69 Å². The third-order valence-electron chi connectivity index (χ3n) is 3.54. The Morgan fingerprint density at radius 3 is 2.68 bits per heavy atom. The number of benzene rings is 1. The minimum Gasteiger partial charge on any atom is -0.484 e. The topological polar surface area (TPSA) is 49.8 Å². The smallest absolute Gasteiger partial charge is 0.422 e. The first-order chi connectivity index (χ1) is 10.3. The van der Waals surface area contributed by atoms with Crippen molar-refractivity contribution in [3.63, 3.8) is 0 Å². The van der Waals surface area contributed by atoms with E-state index in [2.05, 4.69) is 0 Å². The molecule has 0 saturated heterocycles. The number of carbonyl (C=O) groups is 1. The van der Waals surface area contributed by atoms with E-state index in [1.807, 2.05) is 4.90 Å². The summed E-state index contributed by atoms with van der Waals surface area (Å²) in [6.07, 6.45) is -2.49. The van der Waals surface area contributed by atoms with Crippen LogP contribution in [0.2, 0.25) is 0 Å². The van der Waals surface area contributed by atoms with Crippen LogP contribution < -0.4 is 4.74 Å². The molecule has 122 valence electrons. The lowest BCUT2D eigenvalue weighted by Crippen LogP contribution is -2.40. The van der Waals surface area contributed by atoms with Gasteiger partial charge in [0.1, 0.15) is 11.8 Å². The molecule has 1 aromatic rings. The molecule has 7 heteroatoms. The van der Waals surface area contributed by atoms with E-state index in [-0.39, 0.29) is 11.8 Å². The quantitative estimate of drug-likeness (QED) is 0.840. The zero-order valence-corrected chi connectivity index (χ0v) is 12.1. The Balaban J connectivity index is 2.03. The highest BCUT2D eigenvalue weighted by Gasteiger charge is 2.35. The summed E-state index contributed by atoms with van der Waals surface area (Å²) in [7, 11) is 0. The number of hydrogen-bond acceptors (Lipinski definition) is 3. The Hall–Kier alpha value is -1.76. The molecule has 1 aliphatic rings. The number of alkyl halides is 3. The SMILES string of the molecule is CC(C(=O)O)N(Cc1cccc(OCC(F)(F)F)c1)C1CC1. The van der Waals surface area contributed by atoms with E-state index in [9.17, 15) is 18.0 Å². The largest absolute Gasteiger partial charge is 0.484 e. The second-order valence-corrected chi connectivity index (χ2v) is 5.47. The van der Waals surface area contributed by atoms with Crippen LogP contribution in [-0.2, 0) is 11.3 Å². The summed E-state index contributed by atoms with van der Waals surface area (Å²) < 4.78 is 41.2. The first-order valence-corrected chi connectivity index (χ1v) is 7.03. The van der Waals surface area contributed by atoms with Crippen molar-refractivity contribution in [1.82, 2.24) is 4.90 Å². The minimum absolute atomic E-state index is 0.133. The molecule has 0 spiro atoms. The maximum absolute atomic E-state index is 12.2. The van der Waals surface area contributed by atoms with Crippen molar-refractivity contribution in [2.24, 2.45) is 0 Å². The van der Waals surface area contributed by atoms with E-state index in [0.717, 1.165) is 18.4 Å². The number of carboxylic acid groups (broad SMARTS) is 1. The van der Waals surface area contributed by atoms with Gasteiger partial charge in [0.15, 0.2) is 6.61 Å². The van der Waals surface area contributed by atoms with Crippen molar-refractivity contribution in [3.8, 4) is 5.75 Å². The van der Waals surface area contributed by atoms with Crippen LogP contribution in [0.3, 0.4) is 0 Å². The maximum Gasteiger partial charge on any atom is 0.422 e. The summed E-state index contributed by atoms with van der Waals surface area (Å²) in [5.41, 5.74) is 0.736. The standard InChI is InChI=1S/C15H18F3NO3/c1-10(14(20)21)19(12-5-6-12)8-11-3-2-4-13(7-11)22-9-15(16,17)18/h2-4,7,10,12H,5-6,8-9H2,1H3,(H,20,21). The molecule has 1 aromatic carbocycles. The summed E-state index contributed by atoms with van der Waals surface area (Å²) in [5.74, 6) is -0.773. The van der Waals surface area contributed by atoms with E-state index in [1.165, 1.54) is 12.1 Å². The maximum atomic E-state index is 12.2. The van der Waals surface area contributed by atoms with Gasteiger partial charge < -0.3 is 9.84 Å². The molecule has 0 heterocycles. The Bertz CT molecular complexity index is 529. The van der Waals surface area contributed by atoms with E-state index in [1.54, 1.807) is 19.1 Å². The number of rotatable bonds is 7. The average molecular weight is 317 g/mol. The summed E-state index contributed by atoms with van der Waals surface area (Å²) in [6, 6.07) is 5.94. The van der Waals surface area contributed by atoms with Crippen molar-refractivity contribution in [2.75, 3.05) is 6.61 Å². The van der Waals surface area contributed by atoms with E-state index in [4.69, 9.17) is 9.84 Å². The van der Waals surface area contributed by atoms with E-state index in [0.29, 0.717) is 6.54 Å². The molecule has 0 radical (unpaired) electrons. The van der Waals surface area contributed by atoms with Gasteiger partial charge >= 0.3 is 12.1 Å². The van der Waals surface area contributed by atoms with Crippen LogP contribution in [0.15, 0.2) is 24.3 Å². The number of carboxylic acids is 1. The number of halogens is 3. The van der Waals surface area contributed by atoms with Crippen molar-refractivity contribution < 1.29 is 27.8 Å². The van der Waals surface area contributed by atoms with E-state index >= 15 is 0 Å². The van der Waals surface area contributed by atoms with Crippen molar-refractivity contribution in [3.05, 3.63) is 29.8 Å². The molecule has 1 unspecified atom stereocenters. The molecule has 0 aliphatic heterocycles. The molecular weight excluding hydrogens is 299 g/mol. The monoisotopic (exact) mass is 317 g/mol. The molecule has 0 amide bonds. The van der Waals surface area contributed by atoms with Crippen molar-refractivity contribution in [1.29, 1.82) is 0 Å². The highest BCUT2D eigenvalue weighted by atomic mass is 19.4. The van der Waals surface area contributed by atoms with Gasteiger partial charge in [-0.2, -0.15) is 13.2 Å². The van der Waals surface area contributed by atoms with Gasteiger partial charge in [-0.1, -0.05) is 12.1 Å². The Kier molecular flexibility index (Phi) is 4.95. The number of nitrogens with zero attached hydrogens (tertiary/aromatic N) is 1. The van der Waals surface area contributed by atoms with E-state index < -0.39 is 24.8 Å². The third kappa shape index (κ3) is 4.91. The zero-order valence-electron chi connectivity index (χ0n) is 12.1. The van der Waals surface area contributed by atoms with Crippen LogP contribution in [0, 0.1) is 0 Å². The molecule has 0 aromatic heterocycles. The predicted octanol–water partition coefficient (Wildman–Crippen LogP) is 3.07. The molecule has 2 rings (SSSR count). The lowest BCUT2D eigenvalue weighted by atomic mass is 10.1. The number of hydrogen-bond donors (Lipinski definition) is 1. The zero-order chi connectivity index (χ0) is 16.3. The second-order valence-electron chi connectivity index (χ2n) is 5.47. The van der Waals surface area contributed by atoms with Crippen LogP contribution in [-0.4, -0.2) is 40.8 Å². The lowest BCUT2D eigenvalue weighted by molar-refractivity contribution is -0.153. The molecular formula is C15H18F3NO3. The molecule has 1 aliphatic carbocycles. The first-order valence-electron chi connectivity index (χ1n) is 7.03. The Labute approximate surface area is 126 Å². The summed E-state index contributed by atoms with van der Waals surface area (Å²) >= 11 is 0. The van der Waals surface area contributed by atoms with Crippen LogP contribution in [0.25, 0.3) is 0 Å². The molecule has 4 nitrogen and oxygen atoms in total. The van der Waals surface area contributed by atoms with Crippen LogP contribution >= 0.6 is 0 Å². The number of ether oxygens (including phenoxy) is 1. The highest BCUT2D eigenvalue weighted by molar-refractivity contribution is 5.73. The van der Waals surface area contributed by atoms with Crippen LogP contribution in [0.5, 0.6) is 5.75 Å².